The van der Waals surface area contributed by atoms with Gasteiger partial charge >= 0.3 is 0 Å². The van der Waals surface area contributed by atoms with Gasteiger partial charge in [-0.2, -0.15) is 0 Å². The van der Waals surface area contributed by atoms with Crippen LogP contribution in [0.2, 0.25) is 0 Å². The Labute approximate surface area is 1040 Å². The van der Waals surface area contributed by atoms with Crippen molar-refractivity contribution in [3.8, 4) is 69.0 Å². The molecule has 12 heterocycles. The summed E-state index contributed by atoms with van der Waals surface area (Å²) in [5.41, 5.74) is -36.5. The van der Waals surface area contributed by atoms with Crippen LogP contribution in [-0.4, -0.2) is 261 Å². The summed E-state index contributed by atoms with van der Waals surface area (Å²) in [6, 6.07) is -40.1. The molecule has 0 spiro atoms. The number of methoxy groups -OCH3 is 12. The third-order valence-electron chi connectivity index (χ3n) is 18.9. The minimum Gasteiger partial charge on any atom is -0.493 e. The van der Waals surface area contributed by atoms with Crippen molar-refractivity contribution in [3.05, 3.63) is 139 Å². The minimum atomic E-state index is -4.86. The fourth-order valence-electron chi connectivity index (χ4n) is 13.0. The van der Waals surface area contributed by atoms with Crippen LogP contribution in [0.3, 0.4) is 0 Å². The van der Waals surface area contributed by atoms with E-state index in [0.717, 1.165) is 56.9 Å². The topological polar surface area (TPSA) is 252 Å². The molecular weight excluding hydrogens is 1800 g/mol. The van der Waals surface area contributed by atoms with Crippen molar-refractivity contribution >= 4 is 0 Å². The molecule has 6 N–H and O–H groups in total. The van der Waals surface area contributed by atoms with Gasteiger partial charge in [0.15, 0.2) is 69.0 Å². The van der Waals surface area contributed by atoms with Crippen molar-refractivity contribution in [1.82, 2.24) is 29.4 Å². The third-order valence-corrected chi connectivity index (χ3v) is 18.9. The summed E-state index contributed by atoms with van der Waals surface area (Å²) < 4.78 is 1170. The quantitative estimate of drug-likeness (QED) is 0.0415. The second-order valence-corrected chi connectivity index (χ2v) is 31.2. The van der Waals surface area contributed by atoms with Crippen LogP contribution in [0.1, 0.15) is 475 Å². The number of rotatable bonds is 20. The first-order chi connectivity index (χ1) is 119. The predicted octanol–water partition coefficient (Wildman–Crippen LogP) is 20.1. The SMILES string of the molecule is [2H]OC1([2H])C([2H])([2H])C2([2H])c3c([2H])c(OC([2H])([2H])[2H])c(OC)c([2H])c3C([2H])([2H])C([2H])([2H])N2C([2H])([2H])C1([2H])C([2H])([2H])C(C)(C([2H])([2H])[2H])C([2H])([2H])[2H].[2H]c1c(OC)c(OC([2H])([2H])[2H])c([2H])c2c1C([2H])([2H])C([2H])([2H])N1C([2H])([2H])C([2H])(C([2H])([2H])C(C)(C([2H])([2H])[2H])C([2H])([2H])[2H])C([2H])(O)C([2H])([2H])C21[2H].[2H]c1c(OC)c(OC([2H])([2H])[2H])c([2H])c2c1C([2H])([2H])C([2H])([2H])N1C([2H])([2H])C([2H])(C([2H])([2H])C(C)(C([2H])([2H])[2H])C([2H])([2H])[2H])C([2H])(O)C([2H])([2H])C21[2H].[2H]c1c(OC)c(OC([2H])([2H])[2H])c([2H])c2c1C([2H])([2H])C([2H])([2H])N1C([2H])([2H])C([2H])(CC(C)C)C([2H])(O)C([2H])([2H])C21[2H].[2H]c1c(OC)c(OC)c([2H])c2c1C([2H])([2H])C([2H])([2H])N1C([2H])([2H])C([2H])(C([2H])([2H])C(C)(C([2H])([2H])[2H])C([2H])([2H])[2H])C([2H])(O)C([2H])([2H])C21[2H].[2H]c1c(OC)c(OC)c([2H])c2c1C([2H])([2H])C([2H])([2H])N1C([2H])([2H])C([2H])(C([2H])([2H])C(C)(C([2H])([2H])[2H])C([2H])([2H])[2H])C([2H])(O)C([2H])([2H])C21[2H]. The Bertz CT molecular complexity index is 11300. The van der Waals surface area contributed by atoms with Gasteiger partial charge in [0.05, 0.1) is 171 Å². The number of fused-ring (bicyclic) bond motifs is 18. The molecule has 0 aliphatic carbocycles. The molecule has 798 valence electrons. The van der Waals surface area contributed by atoms with Gasteiger partial charge in [-0.1, -0.05) is 117 Å². The van der Waals surface area contributed by atoms with Gasteiger partial charge in [0.25, 0.3) is 0 Å². The number of hydrogen-bond donors (Lipinski definition) is 6. The number of benzene rings is 6. The first-order valence-electron chi connectivity index (χ1n) is 106. The van der Waals surface area contributed by atoms with Crippen LogP contribution < -0.4 is 56.8 Å². The summed E-state index contributed by atoms with van der Waals surface area (Å²) in [7, 11) is -6.68. The number of hydrogen-bond acceptors (Lipinski definition) is 24. The predicted molar refractivity (Wildman–Crippen MR) is 570 cm³/mol. The average molecular weight is 2120 g/mol. The fourth-order valence-corrected chi connectivity index (χ4v) is 13.0. The Kier molecular flexibility index (Phi) is 10.6. The maximum atomic E-state index is 11.7. The van der Waals surface area contributed by atoms with E-state index in [2.05, 4.69) is 5.11 Å². The average Bonchev–Trinajstić information content (AvgIpc) is 0.611. The molecular formula is C119H184N6O18. The van der Waals surface area contributed by atoms with Crippen molar-refractivity contribution < 1.29 is 266 Å². The smallest absolute Gasteiger partial charge is 0.210 e. The van der Waals surface area contributed by atoms with Crippen LogP contribution >= 0.6 is 0 Å². The van der Waals surface area contributed by atoms with E-state index in [4.69, 9.17) is 227 Å². The van der Waals surface area contributed by atoms with Gasteiger partial charge in [-0.15, -0.1) is 0 Å². The summed E-state index contributed by atoms with van der Waals surface area (Å²) in [6.07, 6.45) is -101. The van der Waals surface area contributed by atoms with Gasteiger partial charge in [0, 0.05) is 243 Å². The summed E-state index contributed by atoms with van der Waals surface area (Å²) in [6.45, 7) is -88.0. The molecule has 0 saturated carbocycles. The van der Waals surface area contributed by atoms with Gasteiger partial charge in [-0.3, -0.25) is 29.4 Å². The summed E-state index contributed by atoms with van der Waals surface area (Å²) in [5, 5.41) is 62.1. The molecule has 0 radical (unpaired) electrons. The fraction of sp³-hybridized carbons (Fsp3) is 0.697. The van der Waals surface area contributed by atoms with E-state index in [-0.39, 0.29) is 39.5 Å². The highest BCUT2D eigenvalue weighted by Gasteiger charge is 2.48. The molecule has 18 atom stereocenters. The van der Waals surface area contributed by atoms with E-state index >= 15 is 0 Å². The van der Waals surface area contributed by atoms with E-state index in [9.17, 15) is 35.1 Å². The summed E-state index contributed by atoms with van der Waals surface area (Å²) in [4.78, 5) is -3.99. The second-order valence-electron chi connectivity index (χ2n) is 31.2. The third kappa shape index (κ3) is 27.8. The van der Waals surface area contributed by atoms with Crippen LogP contribution in [0.15, 0.2) is 72.5 Å². The molecule has 12 aliphatic rings. The lowest BCUT2D eigenvalue weighted by Gasteiger charge is -2.47. The van der Waals surface area contributed by atoms with E-state index in [1.165, 1.54) is 13.8 Å². The van der Waals surface area contributed by atoms with Gasteiger partial charge in [0.2, 0.25) is 1.43 Å². The maximum Gasteiger partial charge on any atom is 0.210 e. The number of piperidine rings is 6. The normalized spacial score (nSPS) is 60.2. The lowest BCUT2D eigenvalue weighted by atomic mass is 9.75. The zero-order valence-corrected chi connectivity index (χ0v) is 77.5. The largest absolute Gasteiger partial charge is 0.493 e. The first-order valence-corrected chi connectivity index (χ1v) is 40.8. The van der Waals surface area contributed by atoms with E-state index < -0.39 is 663 Å². The highest BCUT2D eigenvalue weighted by molar-refractivity contribution is 5.55. The molecule has 6 aromatic rings. The molecule has 0 amide bonds. The van der Waals surface area contributed by atoms with E-state index in [1.807, 2.05) is 0 Å². The van der Waals surface area contributed by atoms with Crippen molar-refractivity contribution in [3.63, 3.8) is 0 Å². The lowest BCUT2D eigenvalue weighted by Crippen LogP contribution is -2.48. The lowest BCUT2D eigenvalue weighted by molar-refractivity contribution is -0.0259. The zero-order chi connectivity index (χ0) is 219. The van der Waals surface area contributed by atoms with E-state index in [1.54, 1.807) is 0 Å². The van der Waals surface area contributed by atoms with Gasteiger partial charge in [0.1, 0.15) is 0 Å². The van der Waals surface area contributed by atoms with Crippen molar-refractivity contribution in [2.45, 2.75) is 304 Å². The molecule has 6 aromatic carbocycles. The molecule has 6 fully saturated rings. The Morgan fingerprint density at radius 1 is 0.294 bits per heavy atom. The Morgan fingerprint density at radius 3 is 0.636 bits per heavy atom. The van der Waals surface area contributed by atoms with Crippen molar-refractivity contribution in [2.24, 2.45) is 68.4 Å². The van der Waals surface area contributed by atoms with Crippen LogP contribution in [0.25, 0.3) is 0 Å². The monoisotopic (exact) mass is 2120 g/mol. The Morgan fingerprint density at radius 2 is 0.462 bits per heavy atom. The number of nitrogens with zero attached hydrogens (tertiary/aromatic N) is 6. The molecule has 18 unspecified atom stereocenters. The van der Waals surface area contributed by atoms with Gasteiger partial charge < -0.3 is 87.5 Å². The number of ether oxygens (including phenoxy) is 12. The van der Waals surface area contributed by atoms with Crippen molar-refractivity contribution in [1.29, 1.82) is 1.43 Å². The maximum absolute atomic E-state index is 11.7. The number of aliphatic hydroxyl groups is 6. The molecule has 18 rings (SSSR count). The highest BCUT2D eigenvalue weighted by Crippen LogP contribution is 2.54. The van der Waals surface area contributed by atoms with Crippen LogP contribution in [0.4, 0.5) is 0 Å². The molecule has 143 heavy (non-hydrogen) atoms. The second kappa shape index (κ2) is 47.9. The zero-order valence-electron chi connectivity index (χ0n) is 209. The molecule has 6 saturated heterocycles. The van der Waals surface area contributed by atoms with Crippen LogP contribution in [0, 0.1) is 68.4 Å². The van der Waals surface area contributed by atoms with Crippen LogP contribution in [0.5, 0.6) is 69.0 Å². The van der Waals surface area contributed by atoms with Gasteiger partial charge in [-0.05, 0) is 322 Å². The van der Waals surface area contributed by atoms with Crippen LogP contribution in [-0.2, 0) is 38.2 Å². The molecule has 12 aliphatic heterocycles. The Hall–Kier alpha value is -7.56. The molecule has 0 bridgehead atoms. The van der Waals surface area contributed by atoms with Crippen molar-refractivity contribution in [2.75, 3.05) is 163 Å². The van der Waals surface area contributed by atoms with E-state index in [0.29, 0.717) is 0 Å². The molecule has 24 heteroatoms. The molecule has 24 nitrogen and oxygen atoms in total. The summed E-state index contributed by atoms with van der Waals surface area (Å²) in [5.74, 6) is -39.6. The first kappa shape index (κ1) is 31.6. The summed E-state index contributed by atoms with van der Waals surface area (Å²) >= 11 is 0. The Balaban J connectivity index is 0.000000256. The van der Waals surface area contributed by atoms with Gasteiger partial charge in [-0.25, -0.2) is 0 Å². The minimum absolute atomic E-state index is 0.186. The molecule has 0 aromatic heterocycles. The highest BCUT2D eigenvalue weighted by atomic mass is 16.5. The standard InChI is InChI=1S/5C20H31NO3.C19H29NO3/c5*1-20(2,3)11-14-12-21-7-6-13-8-18(23-4)19(24-5)9-15(13)16(21)10-17(14)22;1-12(2)7-14-11-20-6-5-13-8-18(22-3)19(23-4)9-15(13)16(20)10-17(14)21/h5*8-9,14,16-17,22H,6-7,10-12H2,1-5H3;8-9,12,14,16-17,21H,5-7,10-11H2,1-4H3/i1D3,2D3,5D3,6D2,7D2,8D,9D,10D2,11D2,12D2,14D,16D,17D,22D;2*1D3,2D3,5D3,6D2,7D2,8D,9D,10D2,11D2,12D2,14D,16D,17D;2*1D3,2D3,6D2,7D2,8D,9D,10D2,11D2,12D2,14D,16D,17D;4D3,5D2,6D2,8D,9D,10D2,11D2,14D,16D,17D.